The van der Waals surface area contributed by atoms with E-state index < -0.39 is 0 Å². The monoisotopic (exact) mass is 214 g/mol. The van der Waals surface area contributed by atoms with Gasteiger partial charge in [-0.2, -0.15) is 0 Å². The highest BCUT2D eigenvalue weighted by Gasteiger charge is 2.17. The molecule has 0 radical (unpaired) electrons. The van der Waals surface area contributed by atoms with Crippen molar-refractivity contribution in [3.8, 4) is 0 Å². The predicted molar refractivity (Wildman–Crippen MR) is 69.0 cm³/mol. The minimum Gasteiger partial charge on any atom is -0.325 e. The second-order valence-corrected chi connectivity index (χ2v) is 5.38. The Labute approximate surface area is 96.0 Å². The van der Waals surface area contributed by atoms with Gasteiger partial charge in [-0.05, 0) is 38.6 Å². The molecule has 0 aromatic rings. The van der Waals surface area contributed by atoms with Crippen LogP contribution in [0.15, 0.2) is 0 Å². The summed E-state index contributed by atoms with van der Waals surface area (Å²) < 4.78 is 0. The van der Waals surface area contributed by atoms with E-state index in [-0.39, 0.29) is 5.54 Å². The quantitative estimate of drug-likeness (QED) is 0.652. The Balaban J connectivity index is 3.79. The van der Waals surface area contributed by atoms with E-state index in [4.69, 9.17) is 5.73 Å². The first-order chi connectivity index (χ1) is 6.91. The molecule has 3 N–H and O–H groups in total. The van der Waals surface area contributed by atoms with E-state index in [0.717, 1.165) is 25.3 Å². The minimum absolute atomic E-state index is 0.0330. The van der Waals surface area contributed by atoms with Crippen molar-refractivity contribution >= 4 is 0 Å². The summed E-state index contributed by atoms with van der Waals surface area (Å²) in [6, 6.07) is 0.592. The SMILES string of the molecule is CC[C@H](CC[C@](C)(N)CC)CNC(C)C. The van der Waals surface area contributed by atoms with Gasteiger partial charge >= 0.3 is 0 Å². The summed E-state index contributed by atoms with van der Waals surface area (Å²) in [4.78, 5) is 0. The molecule has 0 saturated heterocycles. The maximum Gasteiger partial charge on any atom is 0.0123 e. The van der Waals surface area contributed by atoms with Crippen molar-refractivity contribution in [2.45, 2.75) is 71.9 Å². The van der Waals surface area contributed by atoms with Crippen molar-refractivity contribution in [3.63, 3.8) is 0 Å². The van der Waals surface area contributed by atoms with Gasteiger partial charge in [0, 0.05) is 11.6 Å². The molecule has 0 fully saturated rings. The van der Waals surface area contributed by atoms with Crippen LogP contribution in [0.1, 0.15) is 60.3 Å². The third-order valence-electron chi connectivity index (χ3n) is 3.32. The summed E-state index contributed by atoms with van der Waals surface area (Å²) in [5.41, 5.74) is 6.19. The molecule has 0 aromatic carbocycles. The average Bonchev–Trinajstić information content (AvgIpc) is 2.18. The Kier molecular flexibility index (Phi) is 7.20. The molecular formula is C13H30N2. The molecule has 0 aliphatic heterocycles. The van der Waals surface area contributed by atoms with Crippen molar-refractivity contribution in [3.05, 3.63) is 0 Å². The second kappa shape index (κ2) is 7.24. The van der Waals surface area contributed by atoms with Gasteiger partial charge in [-0.25, -0.2) is 0 Å². The molecule has 0 saturated carbocycles. The third kappa shape index (κ3) is 7.80. The lowest BCUT2D eigenvalue weighted by Gasteiger charge is -2.26. The second-order valence-electron chi connectivity index (χ2n) is 5.38. The zero-order valence-corrected chi connectivity index (χ0v) is 11.3. The number of rotatable bonds is 8. The highest BCUT2D eigenvalue weighted by molar-refractivity contribution is 4.78. The van der Waals surface area contributed by atoms with Gasteiger partial charge in [-0.15, -0.1) is 0 Å². The summed E-state index contributed by atoms with van der Waals surface area (Å²) in [7, 11) is 0. The Morgan fingerprint density at radius 2 is 1.87 bits per heavy atom. The van der Waals surface area contributed by atoms with E-state index in [2.05, 4.69) is 39.9 Å². The molecule has 0 rings (SSSR count). The van der Waals surface area contributed by atoms with Crippen LogP contribution in [0.25, 0.3) is 0 Å². The van der Waals surface area contributed by atoms with Gasteiger partial charge in [0.1, 0.15) is 0 Å². The van der Waals surface area contributed by atoms with Gasteiger partial charge in [-0.1, -0.05) is 34.1 Å². The number of hydrogen-bond donors (Lipinski definition) is 2. The molecule has 0 spiro atoms. The van der Waals surface area contributed by atoms with E-state index in [0.29, 0.717) is 6.04 Å². The van der Waals surface area contributed by atoms with Gasteiger partial charge < -0.3 is 11.1 Å². The topological polar surface area (TPSA) is 38.0 Å². The van der Waals surface area contributed by atoms with Crippen LogP contribution in [0.3, 0.4) is 0 Å². The first-order valence-electron chi connectivity index (χ1n) is 6.43. The standard InChI is InChI=1S/C13H30N2/c1-6-12(10-15-11(3)4)8-9-13(5,14)7-2/h11-12,15H,6-10,14H2,1-5H3/t12-,13-/m1/s1. The minimum atomic E-state index is 0.0330. The fourth-order valence-electron chi connectivity index (χ4n) is 1.56. The lowest BCUT2D eigenvalue weighted by molar-refractivity contribution is 0.334. The number of nitrogens with one attached hydrogen (secondary N) is 1. The van der Waals surface area contributed by atoms with Crippen LogP contribution >= 0.6 is 0 Å². The molecule has 0 aromatic heterocycles. The molecule has 0 unspecified atom stereocenters. The van der Waals surface area contributed by atoms with Gasteiger partial charge in [0.2, 0.25) is 0 Å². The lowest BCUT2D eigenvalue weighted by atomic mass is 9.88. The van der Waals surface area contributed by atoms with Crippen LogP contribution in [-0.2, 0) is 0 Å². The smallest absolute Gasteiger partial charge is 0.0123 e. The molecule has 2 heteroatoms. The largest absolute Gasteiger partial charge is 0.325 e. The van der Waals surface area contributed by atoms with Crippen molar-refractivity contribution in [1.29, 1.82) is 0 Å². The molecular weight excluding hydrogens is 184 g/mol. The first-order valence-corrected chi connectivity index (χ1v) is 6.43. The van der Waals surface area contributed by atoms with Gasteiger partial charge in [-0.3, -0.25) is 0 Å². The molecule has 0 aliphatic carbocycles. The number of nitrogens with two attached hydrogens (primary N) is 1. The summed E-state index contributed by atoms with van der Waals surface area (Å²) >= 11 is 0. The van der Waals surface area contributed by atoms with E-state index >= 15 is 0 Å². The maximum absolute atomic E-state index is 6.15. The van der Waals surface area contributed by atoms with Crippen molar-refractivity contribution in [1.82, 2.24) is 5.32 Å². The zero-order chi connectivity index (χ0) is 11.9. The Hall–Kier alpha value is -0.0800. The summed E-state index contributed by atoms with van der Waals surface area (Å²) in [5.74, 6) is 0.779. The average molecular weight is 214 g/mol. The molecule has 2 nitrogen and oxygen atoms in total. The lowest BCUT2D eigenvalue weighted by Crippen LogP contribution is -2.36. The molecule has 0 bridgehead atoms. The fraction of sp³-hybridized carbons (Fsp3) is 1.00. The molecule has 0 aliphatic rings. The number of hydrogen-bond acceptors (Lipinski definition) is 2. The van der Waals surface area contributed by atoms with Gasteiger partial charge in [0.25, 0.3) is 0 Å². The van der Waals surface area contributed by atoms with Crippen molar-refractivity contribution < 1.29 is 0 Å². The van der Waals surface area contributed by atoms with Crippen LogP contribution in [0.4, 0.5) is 0 Å². The normalized spacial score (nSPS) is 17.8. The van der Waals surface area contributed by atoms with E-state index in [1.54, 1.807) is 0 Å². The van der Waals surface area contributed by atoms with Crippen LogP contribution in [0.2, 0.25) is 0 Å². The van der Waals surface area contributed by atoms with E-state index in [9.17, 15) is 0 Å². The molecule has 15 heavy (non-hydrogen) atoms. The van der Waals surface area contributed by atoms with Crippen LogP contribution < -0.4 is 11.1 Å². The highest BCUT2D eigenvalue weighted by atomic mass is 14.9. The van der Waals surface area contributed by atoms with E-state index in [1.165, 1.54) is 12.8 Å². The van der Waals surface area contributed by atoms with Gasteiger partial charge in [0.05, 0.1) is 0 Å². The Morgan fingerprint density at radius 3 is 2.27 bits per heavy atom. The summed E-state index contributed by atoms with van der Waals surface area (Å²) in [5, 5.41) is 3.51. The van der Waals surface area contributed by atoms with Crippen molar-refractivity contribution in [2.75, 3.05) is 6.54 Å². The molecule has 0 heterocycles. The first kappa shape index (κ1) is 14.9. The highest BCUT2D eigenvalue weighted by Crippen LogP contribution is 2.19. The Morgan fingerprint density at radius 1 is 1.27 bits per heavy atom. The maximum atomic E-state index is 6.15. The van der Waals surface area contributed by atoms with Crippen LogP contribution in [0.5, 0.6) is 0 Å². The Bertz CT molecular complexity index is 153. The van der Waals surface area contributed by atoms with Gasteiger partial charge in [0.15, 0.2) is 0 Å². The van der Waals surface area contributed by atoms with Crippen LogP contribution in [0, 0.1) is 5.92 Å². The molecule has 92 valence electrons. The third-order valence-corrected chi connectivity index (χ3v) is 3.32. The zero-order valence-electron chi connectivity index (χ0n) is 11.3. The summed E-state index contributed by atoms with van der Waals surface area (Å²) in [6.45, 7) is 12.1. The van der Waals surface area contributed by atoms with Crippen molar-refractivity contribution in [2.24, 2.45) is 11.7 Å². The van der Waals surface area contributed by atoms with E-state index in [1.807, 2.05) is 0 Å². The molecule has 2 atom stereocenters. The van der Waals surface area contributed by atoms with Crippen LogP contribution in [-0.4, -0.2) is 18.1 Å². The summed E-state index contributed by atoms with van der Waals surface area (Å²) in [6.07, 6.45) is 4.71. The predicted octanol–water partition coefficient (Wildman–Crippen LogP) is 2.92. The fourth-order valence-corrected chi connectivity index (χ4v) is 1.56. The molecule has 0 amide bonds.